The average Bonchev–Trinajstić information content (AvgIpc) is 2.84. The first-order valence-corrected chi connectivity index (χ1v) is 5.31. The van der Waals surface area contributed by atoms with Crippen molar-refractivity contribution in [3.8, 4) is 0 Å². The number of nitrogens with two attached hydrogens (primary N) is 1. The molecule has 2 rings (SSSR count). The van der Waals surface area contributed by atoms with E-state index < -0.39 is 0 Å². The highest BCUT2D eigenvalue weighted by Crippen LogP contribution is 2.47. The first kappa shape index (κ1) is 8.51. The number of benzene rings is 1. The van der Waals surface area contributed by atoms with Gasteiger partial charge in [-0.05, 0) is 53.1 Å². The van der Waals surface area contributed by atoms with Gasteiger partial charge in [0, 0.05) is 15.5 Å². The molecule has 2 heteroatoms. The Kier molecular flexibility index (Phi) is 2.12. The Hall–Kier alpha value is -0.0900. The van der Waals surface area contributed by atoms with Crippen molar-refractivity contribution in [2.24, 2.45) is 5.73 Å². The molecule has 0 spiro atoms. The van der Waals surface area contributed by atoms with Gasteiger partial charge in [-0.15, -0.1) is 0 Å². The molecule has 2 N–H and O–H groups in total. The molecule has 0 bridgehead atoms. The zero-order chi connectivity index (χ0) is 8.60. The van der Waals surface area contributed by atoms with E-state index >= 15 is 0 Å². The zero-order valence-corrected chi connectivity index (χ0v) is 9.04. The van der Waals surface area contributed by atoms with Gasteiger partial charge in [-0.2, -0.15) is 0 Å². The summed E-state index contributed by atoms with van der Waals surface area (Å²) in [7, 11) is 0. The molecule has 1 saturated carbocycles. The minimum atomic E-state index is 0.348. The van der Waals surface area contributed by atoms with Gasteiger partial charge in [0.2, 0.25) is 0 Å². The first-order valence-electron chi connectivity index (χ1n) is 4.23. The van der Waals surface area contributed by atoms with Gasteiger partial charge in [0.25, 0.3) is 0 Å². The van der Waals surface area contributed by atoms with Gasteiger partial charge in [0.1, 0.15) is 0 Å². The average molecular weight is 273 g/mol. The van der Waals surface area contributed by atoms with E-state index in [2.05, 4.69) is 46.9 Å². The van der Waals surface area contributed by atoms with Crippen molar-refractivity contribution >= 4 is 22.6 Å². The van der Waals surface area contributed by atoms with Gasteiger partial charge in [0.15, 0.2) is 0 Å². The Morgan fingerprint density at radius 1 is 1.42 bits per heavy atom. The van der Waals surface area contributed by atoms with E-state index in [1.807, 2.05) is 0 Å². The van der Waals surface area contributed by atoms with Crippen molar-refractivity contribution < 1.29 is 0 Å². The maximum absolute atomic E-state index is 5.75. The van der Waals surface area contributed by atoms with Crippen molar-refractivity contribution in [3.63, 3.8) is 0 Å². The third kappa shape index (κ3) is 1.38. The minimum absolute atomic E-state index is 0.348. The second-order valence-electron chi connectivity index (χ2n) is 3.49. The maximum atomic E-state index is 5.75. The lowest BCUT2D eigenvalue weighted by molar-refractivity contribution is 0.704. The van der Waals surface area contributed by atoms with Crippen molar-refractivity contribution in [3.05, 3.63) is 33.4 Å². The highest BCUT2D eigenvalue weighted by Gasteiger charge is 2.42. The van der Waals surface area contributed by atoms with Crippen LogP contribution in [0.15, 0.2) is 24.3 Å². The van der Waals surface area contributed by atoms with Crippen LogP contribution in [0.3, 0.4) is 0 Å². The normalized spacial score (nSPS) is 19.2. The summed E-state index contributed by atoms with van der Waals surface area (Å²) >= 11 is 2.35. The van der Waals surface area contributed by atoms with Gasteiger partial charge < -0.3 is 5.73 Å². The second-order valence-corrected chi connectivity index (χ2v) is 4.74. The summed E-state index contributed by atoms with van der Waals surface area (Å²) in [4.78, 5) is 0. The van der Waals surface area contributed by atoms with Crippen molar-refractivity contribution in [2.45, 2.75) is 18.3 Å². The zero-order valence-electron chi connectivity index (χ0n) is 6.89. The molecule has 1 aliphatic rings. The van der Waals surface area contributed by atoms with Crippen molar-refractivity contribution in [1.82, 2.24) is 0 Å². The van der Waals surface area contributed by atoms with Crippen molar-refractivity contribution in [2.75, 3.05) is 6.54 Å². The quantitative estimate of drug-likeness (QED) is 0.822. The maximum Gasteiger partial charge on any atom is 0.0133 e. The third-order valence-electron chi connectivity index (χ3n) is 2.68. The van der Waals surface area contributed by atoms with Gasteiger partial charge in [-0.1, -0.05) is 12.1 Å². The number of halogens is 1. The lowest BCUT2D eigenvalue weighted by atomic mass is 9.96. The molecule has 64 valence electrons. The number of hydrogen-bond acceptors (Lipinski definition) is 1. The molecule has 1 aliphatic carbocycles. The fraction of sp³-hybridized carbons (Fsp3) is 0.400. The highest BCUT2D eigenvalue weighted by molar-refractivity contribution is 14.1. The summed E-state index contributed by atoms with van der Waals surface area (Å²) in [5.74, 6) is 0. The van der Waals surface area contributed by atoms with Crippen LogP contribution in [0.4, 0.5) is 0 Å². The van der Waals surface area contributed by atoms with Crippen LogP contribution in [0, 0.1) is 3.57 Å². The summed E-state index contributed by atoms with van der Waals surface area (Å²) in [6.45, 7) is 0.799. The fourth-order valence-corrected chi connectivity index (χ4v) is 2.12. The number of rotatable bonds is 2. The third-order valence-corrected chi connectivity index (χ3v) is 3.35. The van der Waals surface area contributed by atoms with Gasteiger partial charge in [-0.25, -0.2) is 0 Å². The standard InChI is InChI=1S/C10H12IN/c11-9-3-1-2-8(6-9)10(7-12)4-5-10/h1-3,6H,4-5,7,12H2. The van der Waals surface area contributed by atoms with E-state index in [0.29, 0.717) is 5.41 Å². The molecule has 0 unspecified atom stereocenters. The van der Waals surface area contributed by atoms with Crippen molar-refractivity contribution in [1.29, 1.82) is 0 Å². The van der Waals surface area contributed by atoms with Crippen LogP contribution in [0.1, 0.15) is 18.4 Å². The molecule has 1 aromatic carbocycles. The predicted molar refractivity (Wildman–Crippen MR) is 59.1 cm³/mol. The monoisotopic (exact) mass is 273 g/mol. The molecule has 0 saturated heterocycles. The van der Waals surface area contributed by atoms with Crippen LogP contribution in [-0.4, -0.2) is 6.54 Å². The molecule has 0 amide bonds. The van der Waals surface area contributed by atoms with Gasteiger partial charge in [-0.3, -0.25) is 0 Å². The number of hydrogen-bond donors (Lipinski definition) is 1. The summed E-state index contributed by atoms with van der Waals surface area (Å²) in [5.41, 5.74) is 7.52. The molecule has 0 radical (unpaired) electrons. The molecule has 0 aliphatic heterocycles. The largest absolute Gasteiger partial charge is 0.330 e. The highest BCUT2D eigenvalue weighted by atomic mass is 127. The fourth-order valence-electron chi connectivity index (χ4n) is 1.58. The topological polar surface area (TPSA) is 26.0 Å². The van der Waals surface area contributed by atoms with E-state index in [0.717, 1.165) is 6.54 Å². The molecule has 0 atom stereocenters. The summed E-state index contributed by atoms with van der Waals surface area (Å²) < 4.78 is 1.31. The van der Waals surface area contributed by atoms with E-state index in [-0.39, 0.29) is 0 Å². The van der Waals surface area contributed by atoms with Crippen LogP contribution < -0.4 is 5.73 Å². The molecule has 1 aromatic rings. The molecular weight excluding hydrogens is 261 g/mol. The second kappa shape index (κ2) is 3.00. The van der Waals surface area contributed by atoms with Crippen LogP contribution in [-0.2, 0) is 5.41 Å². The van der Waals surface area contributed by atoms with Crippen LogP contribution >= 0.6 is 22.6 Å². The van der Waals surface area contributed by atoms with Crippen LogP contribution in [0.25, 0.3) is 0 Å². The van der Waals surface area contributed by atoms with Gasteiger partial charge >= 0.3 is 0 Å². The summed E-state index contributed by atoms with van der Waals surface area (Å²) in [6, 6.07) is 8.69. The molecule has 12 heavy (non-hydrogen) atoms. The summed E-state index contributed by atoms with van der Waals surface area (Å²) in [6.07, 6.45) is 2.53. The lowest BCUT2D eigenvalue weighted by Gasteiger charge is -2.12. The van der Waals surface area contributed by atoms with E-state index in [9.17, 15) is 0 Å². The van der Waals surface area contributed by atoms with Crippen LogP contribution in [0.2, 0.25) is 0 Å². The SMILES string of the molecule is NCC1(c2cccc(I)c2)CC1. The Bertz CT molecular complexity index is 292. The molecule has 1 fully saturated rings. The van der Waals surface area contributed by atoms with E-state index in [4.69, 9.17) is 5.73 Å². The Balaban J connectivity index is 2.34. The van der Waals surface area contributed by atoms with E-state index in [1.165, 1.54) is 22.0 Å². The summed E-state index contributed by atoms with van der Waals surface area (Å²) in [5, 5.41) is 0. The Morgan fingerprint density at radius 3 is 2.67 bits per heavy atom. The predicted octanol–water partition coefficient (Wildman–Crippen LogP) is 2.28. The first-order chi connectivity index (χ1) is 5.77. The molecule has 0 heterocycles. The molecule has 1 nitrogen and oxygen atoms in total. The Morgan fingerprint density at radius 2 is 2.17 bits per heavy atom. The van der Waals surface area contributed by atoms with Gasteiger partial charge in [0.05, 0.1) is 0 Å². The van der Waals surface area contributed by atoms with Crippen LogP contribution in [0.5, 0.6) is 0 Å². The Labute approximate surface area is 86.5 Å². The van der Waals surface area contributed by atoms with E-state index in [1.54, 1.807) is 0 Å². The molecular formula is C10H12IN. The smallest absolute Gasteiger partial charge is 0.0133 e. The minimum Gasteiger partial charge on any atom is -0.330 e. The lowest BCUT2D eigenvalue weighted by Crippen LogP contribution is -2.19. The molecule has 0 aromatic heterocycles.